The highest BCUT2D eigenvalue weighted by Gasteiger charge is 2.26. The average molecular weight is 502 g/mol. The number of rotatable bonds is 8. The topological polar surface area (TPSA) is 58.6 Å². The molecule has 0 saturated carbocycles. The maximum absolute atomic E-state index is 12.9. The van der Waals surface area contributed by atoms with Crippen LogP contribution in [0, 0.1) is 6.92 Å². The third-order valence-electron chi connectivity index (χ3n) is 4.37. The summed E-state index contributed by atoms with van der Waals surface area (Å²) in [6.07, 6.45) is 0. The van der Waals surface area contributed by atoms with E-state index in [1.165, 1.54) is 4.90 Å². The van der Waals surface area contributed by atoms with Crippen molar-refractivity contribution in [3.63, 3.8) is 0 Å². The molecule has 2 aromatic rings. The molecule has 8 heteroatoms. The number of carbonyl (C=O) groups excluding carboxylic acids is 2. The van der Waals surface area contributed by atoms with Gasteiger partial charge in [0.15, 0.2) is 6.61 Å². The third-order valence-corrected chi connectivity index (χ3v) is 5.84. The molecule has 0 heterocycles. The van der Waals surface area contributed by atoms with E-state index in [4.69, 9.17) is 27.9 Å². The molecule has 5 nitrogen and oxygen atoms in total. The van der Waals surface area contributed by atoms with Gasteiger partial charge in [0, 0.05) is 27.6 Å². The van der Waals surface area contributed by atoms with Crippen LogP contribution < -0.4 is 10.1 Å². The van der Waals surface area contributed by atoms with E-state index in [1.54, 1.807) is 31.2 Å². The first-order chi connectivity index (χ1) is 13.7. The molecule has 2 amide bonds. The number of hydrogen-bond acceptors (Lipinski definition) is 3. The molecule has 0 aliphatic heterocycles. The van der Waals surface area contributed by atoms with E-state index in [-0.39, 0.29) is 25.0 Å². The number of benzene rings is 2. The molecule has 0 aliphatic rings. The van der Waals surface area contributed by atoms with Crippen LogP contribution in [0.25, 0.3) is 0 Å². The van der Waals surface area contributed by atoms with Gasteiger partial charge in [-0.15, -0.1) is 0 Å². The van der Waals surface area contributed by atoms with Gasteiger partial charge in [-0.1, -0.05) is 45.2 Å². The van der Waals surface area contributed by atoms with Crippen molar-refractivity contribution in [2.24, 2.45) is 0 Å². The Morgan fingerprint density at radius 2 is 1.93 bits per heavy atom. The summed E-state index contributed by atoms with van der Waals surface area (Å²) in [6.45, 7) is 5.88. The molecule has 156 valence electrons. The number of nitrogens with one attached hydrogen (secondary N) is 1. The highest BCUT2D eigenvalue weighted by Crippen LogP contribution is 2.24. The molecule has 2 aromatic carbocycles. The van der Waals surface area contributed by atoms with Crippen molar-refractivity contribution < 1.29 is 14.3 Å². The van der Waals surface area contributed by atoms with Gasteiger partial charge in [-0.2, -0.15) is 0 Å². The first kappa shape index (κ1) is 23.5. The van der Waals surface area contributed by atoms with Crippen LogP contribution in [-0.2, 0) is 16.1 Å². The molecule has 0 spiro atoms. The SMILES string of the molecule is CCNC(=O)C(C)N(Cc1ccc(Cl)cc1Cl)C(=O)COc1ccc(Br)c(C)c1. The zero-order valence-corrected chi connectivity index (χ0v) is 19.6. The molecule has 1 atom stereocenters. The summed E-state index contributed by atoms with van der Waals surface area (Å²) >= 11 is 15.7. The number of nitrogens with zero attached hydrogens (tertiary/aromatic N) is 1. The van der Waals surface area contributed by atoms with Gasteiger partial charge in [0.25, 0.3) is 5.91 Å². The number of hydrogen-bond donors (Lipinski definition) is 1. The van der Waals surface area contributed by atoms with E-state index in [9.17, 15) is 9.59 Å². The summed E-state index contributed by atoms with van der Waals surface area (Å²) < 4.78 is 6.62. The maximum Gasteiger partial charge on any atom is 0.261 e. The number of aryl methyl sites for hydroxylation is 1. The lowest BCUT2D eigenvalue weighted by molar-refractivity contribution is -0.142. The van der Waals surface area contributed by atoms with Gasteiger partial charge in [0.1, 0.15) is 11.8 Å². The van der Waals surface area contributed by atoms with Gasteiger partial charge in [0.2, 0.25) is 5.91 Å². The molecule has 0 aromatic heterocycles. The average Bonchev–Trinajstić information content (AvgIpc) is 2.67. The minimum Gasteiger partial charge on any atom is -0.484 e. The van der Waals surface area contributed by atoms with Crippen molar-refractivity contribution in [2.75, 3.05) is 13.2 Å². The van der Waals surface area contributed by atoms with Crippen molar-refractivity contribution >= 4 is 50.9 Å². The van der Waals surface area contributed by atoms with Gasteiger partial charge in [0.05, 0.1) is 0 Å². The summed E-state index contributed by atoms with van der Waals surface area (Å²) in [6, 6.07) is 9.83. The Kier molecular flexibility index (Phi) is 8.80. The van der Waals surface area contributed by atoms with E-state index in [2.05, 4.69) is 21.2 Å². The Morgan fingerprint density at radius 1 is 1.21 bits per heavy atom. The summed E-state index contributed by atoms with van der Waals surface area (Å²) in [4.78, 5) is 26.8. The largest absolute Gasteiger partial charge is 0.484 e. The molecular weight excluding hydrogens is 479 g/mol. The van der Waals surface area contributed by atoms with Crippen molar-refractivity contribution in [3.05, 3.63) is 62.0 Å². The minimum atomic E-state index is -0.690. The number of carbonyl (C=O) groups is 2. The van der Waals surface area contributed by atoms with Crippen LogP contribution in [0.5, 0.6) is 5.75 Å². The molecule has 1 N–H and O–H groups in total. The Morgan fingerprint density at radius 3 is 2.55 bits per heavy atom. The van der Waals surface area contributed by atoms with Crippen LogP contribution >= 0.6 is 39.1 Å². The Bertz CT molecular complexity index is 892. The highest BCUT2D eigenvalue weighted by molar-refractivity contribution is 9.10. The smallest absolute Gasteiger partial charge is 0.261 e. The predicted molar refractivity (Wildman–Crippen MR) is 120 cm³/mol. The molecule has 2 rings (SSSR count). The Hall–Kier alpha value is -1.76. The summed E-state index contributed by atoms with van der Waals surface area (Å²) in [5.74, 6) is 0.00921. The summed E-state index contributed by atoms with van der Waals surface area (Å²) in [7, 11) is 0. The lowest BCUT2D eigenvalue weighted by Gasteiger charge is -2.29. The standard InChI is InChI=1S/C21H23BrCl2N2O3/c1-4-25-21(28)14(3)26(11-15-5-6-16(23)10-19(15)24)20(27)12-29-17-7-8-18(22)13(2)9-17/h5-10,14H,4,11-12H2,1-3H3,(H,25,28). The first-order valence-electron chi connectivity index (χ1n) is 9.13. The second-order valence-electron chi connectivity index (χ2n) is 6.53. The van der Waals surface area contributed by atoms with Crippen LogP contribution in [0.2, 0.25) is 10.0 Å². The fraction of sp³-hybridized carbons (Fsp3) is 0.333. The Balaban J connectivity index is 2.19. The van der Waals surface area contributed by atoms with Crippen LogP contribution in [-0.4, -0.2) is 35.9 Å². The summed E-state index contributed by atoms with van der Waals surface area (Å²) in [5, 5.41) is 3.68. The van der Waals surface area contributed by atoms with Crippen molar-refractivity contribution in [1.29, 1.82) is 0 Å². The molecule has 0 radical (unpaired) electrons. The predicted octanol–water partition coefficient (Wildman–Crippen LogP) is 5.00. The quantitative estimate of drug-likeness (QED) is 0.553. The van der Waals surface area contributed by atoms with Crippen LogP contribution in [0.15, 0.2) is 40.9 Å². The molecular formula is C21H23BrCl2N2O3. The van der Waals surface area contributed by atoms with Crippen molar-refractivity contribution in [1.82, 2.24) is 10.2 Å². The minimum absolute atomic E-state index is 0.163. The molecule has 0 fully saturated rings. The van der Waals surface area contributed by atoms with E-state index in [0.717, 1.165) is 10.0 Å². The van der Waals surface area contributed by atoms with E-state index < -0.39 is 6.04 Å². The van der Waals surface area contributed by atoms with Crippen molar-refractivity contribution in [2.45, 2.75) is 33.4 Å². The van der Waals surface area contributed by atoms with Gasteiger partial charge in [-0.05, 0) is 62.2 Å². The van der Waals surface area contributed by atoms with E-state index in [1.807, 2.05) is 26.0 Å². The zero-order valence-electron chi connectivity index (χ0n) is 16.5. The normalized spacial score (nSPS) is 11.7. The zero-order chi connectivity index (χ0) is 21.6. The lowest BCUT2D eigenvalue weighted by atomic mass is 10.1. The number of likely N-dealkylation sites (N-methyl/N-ethyl adjacent to an activating group) is 1. The van der Waals surface area contributed by atoms with Gasteiger partial charge in [-0.25, -0.2) is 0 Å². The highest BCUT2D eigenvalue weighted by atomic mass is 79.9. The van der Waals surface area contributed by atoms with Gasteiger partial charge >= 0.3 is 0 Å². The summed E-state index contributed by atoms with van der Waals surface area (Å²) in [5.41, 5.74) is 1.69. The van der Waals surface area contributed by atoms with Crippen LogP contribution in [0.1, 0.15) is 25.0 Å². The number of halogens is 3. The molecule has 0 aliphatic carbocycles. The molecule has 1 unspecified atom stereocenters. The van der Waals surface area contributed by atoms with E-state index >= 15 is 0 Å². The van der Waals surface area contributed by atoms with Crippen LogP contribution in [0.3, 0.4) is 0 Å². The first-order valence-corrected chi connectivity index (χ1v) is 10.7. The van der Waals surface area contributed by atoms with Crippen molar-refractivity contribution in [3.8, 4) is 5.75 Å². The monoisotopic (exact) mass is 500 g/mol. The molecule has 29 heavy (non-hydrogen) atoms. The number of amides is 2. The van der Waals surface area contributed by atoms with Gasteiger partial charge in [-0.3, -0.25) is 9.59 Å². The molecule has 0 saturated heterocycles. The molecule has 0 bridgehead atoms. The van der Waals surface area contributed by atoms with E-state index in [0.29, 0.717) is 27.9 Å². The van der Waals surface area contributed by atoms with Gasteiger partial charge < -0.3 is 15.0 Å². The lowest BCUT2D eigenvalue weighted by Crippen LogP contribution is -2.49. The van der Waals surface area contributed by atoms with Crippen LogP contribution in [0.4, 0.5) is 0 Å². The fourth-order valence-corrected chi connectivity index (χ4v) is 3.39. The maximum atomic E-state index is 12.9. The number of ether oxygens (including phenoxy) is 1. The second-order valence-corrected chi connectivity index (χ2v) is 8.23. The Labute approximate surface area is 189 Å². The fourth-order valence-electron chi connectivity index (χ4n) is 2.67. The second kappa shape index (κ2) is 10.9. The third kappa shape index (κ3) is 6.63.